The van der Waals surface area contributed by atoms with Crippen LogP contribution in [0.3, 0.4) is 0 Å². The van der Waals surface area contributed by atoms with Crippen molar-refractivity contribution in [3.05, 3.63) is 47.8 Å². The molecule has 20 heavy (non-hydrogen) atoms. The van der Waals surface area contributed by atoms with E-state index in [-0.39, 0.29) is 5.82 Å². The minimum atomic E-state index is -0.229. The third-order valence-corrected chi connectivity index (χ3v) is 2.94. The van der Waals surface area contributed by atoms with Crippen molar-refractivity contribution < 1.29 is 9.13 Å². The van der Waals surface area contributed by atoms with E-state index in [1.807, 2.05) is 25.1 Å². The number of nitrogen functional groups attached to an aromatic ring is 1. The van der Waals surface area contributed by atoms with Gasteiger partial charge in [0.15, 0.2) is 0 Å². The standard InChI is InChI=1S/C16H19FN2O/c1-3-8-20-16-10-13(6-7-15(16)18)19-12-5-4-11(2)14(17)9-12/h4-7,9-10,19H,3,8,18H2,1-2H3. The van der Waals surface area contributed by atoms with E-state index in [1.54, 1.807) is 19.1 Å². The van der Waals surface area contributed by atoms with Gasteiger partial charge in [0, 0.05) is 17.4 Å². The second-order valence-corrected chi connectivity index (χ2v) is 4.69. The summed E-state index contributed by atoms with van der Waals surface area (Å²) in [7, 11) is 0. The summed E-state index contributed by atoms with van der Waals surface area (Å²) in [5, 5.41) is 3.14. The summed E-state index contributed by atoms with van der Waals surface area (Å²) in [4.78, 5) is 0. The molecule has 0 amide bonds. The smallest absolute Gasteiger partial charge is 0.144 e. The topological polar surface area (TPSA) is 47.3 Å². The van der Waals surface area contributed by atoms with Gasteiger partial charge in [-0.3, -0.25) is 0 Å². The van der Waals surface area contributed by atoms with E-state index in [0.717, 1.165) is 12.1 Å². The van der Waals surface area contributed by atoms with E-state index in [0.29, 0.717) is 29.3 Å². The zero-order valence-corrected chi connectivity index (χ0v) is 11.7. The Kier molecular flexibility index (Phi) is 4.45. The fourth-order valence-corrected chi connectivity index (χ4v) is 1.79. The van der Waals surface area contributed by atoms with Gasteiger partial charge in [-0.25, -0.2) is 4.39 Å². The molecule has 0 heterocycles. The van der Waals surface area contributed by atoms with Crippen LogP contribution in [0.5, 0.6) is 5.75 Å². The van der Waals surface area contributed by atoms with Crippen LogP contribution in [0, 0.1) is 12.7 Å². The zero-order chi connectivity index (χ0) is 14.5. The number of halogens is 1. The van der Waals surface area contributed by atoms with Crippen molar-refractivity contribution in [2.45, 2.75) is 20.3 Å². The maximum Gasteiger partial charge on any atom is 0.144 e. The lowest BCUT2D eigenvalue weighted by atomic mass is 10.2. The number of nitrogens with one attached hydrogen (secondary N) is 1. The van der Waals surface area contributed by atoms with Crippen LogP contribution in [-0.2, 0) is 0 Å². The molecule has 2 rings (SSSR count). The van der Waals surface area contributed by atoms with Crippen molar-refractivity contribution in [1.29, 1.82) is 0 Å². The molecule has 0 saturated heterocycles. The van der Waals surface area contributed by atoms with E-state index < -0.39 is 0 Å². The molecule has 3 N–H and O–H groups in total. The van der Waals surface area contributed by atoms with Gasteiger partial charge in [-0.2, -0.15) is 0 Å². The molecule has 0 fully saturated rings. The maximum atomic E-state index is 13.5. The van der Waals surface area contributed by atoms with Crippen molar-refractivity contribution in [3.8, 4) is 5.75 Å². The lowest BCUT2D eigenvalue weighted by Gasteiger charge is -2.12. The SMILES string of the molecule is CCCOc1cc(Nc2ccc(C)c(F)c2)ccc1N. The second-order valence-electron chi connectivity index (χ2n) is 4.69. The molecule has 3 nitrogen and oxygen atoms in total. The van der Waals surface area contributed by atoms with Crippen molar-refractivity contribution in [1.82, 2.24) is 0 Å². The Morgan fingerprint density at radius 3 is 2.55 bits per heavy atom. The quantitative estimate of drug-likeness (QED) is 0.801. The molecule has 0 aromatic heterocycles. The molecule has 0 unspecified atom stereocenters. The highest BCUT2D eigenvalue weighted by molar-refractivity contribution is 5.66. The molecule has 0 atom stereocenters. The number of rotatable bonds is 5. The first-order chi connectivity index (χ1) is 9.60. The van der Waals surface area contributed by atoms with Gasteiger partial charge in [0.1, 0.15) is 11.6 Å². The van der Waals surface area contributed by atoms with Crippen LogP contribution in [0.4, 0.5) is 21.5 Å². The predicted molar refractivity (Wildman–Crippen MR) is 81.1 cm³/mol. The van der Waals surface area contributed by atoms with Gasteiger partial charge < -0.3 is 15.8 Å². The average molecular weight is 274 g/mol. The van der Waals surface area contributed by atoms with Gasteiger partial charge in [0.05, 0.1) is 12.3 Å². The number of hydrogen-bond acceptors (Lipinski definition) is 3. The molecule has 4 heteroatoms. The minimum absolute atomic E-state index is 0.229. The molecule has 0 spiro atoms. The third-order valence-electron chi connectivity index (χ3n) is 2.94. The highest BCUT2D eigenvalue weighted by atomic mass is 19.1. The predicted octanol–water partition coefficient (Wildman–Crippen LogP) is 4.25. The first-order valence-electron chi connectivity index (χ1n) is 6.65. The molecule has 106 valence electrons. The van der Waals surface area contributed by atoms with Gasteiger partial charge in [0.25, 0.3) is 0 Å². The average Bonchev–Trinajstić information content (AvgIpc) is 2.43. The number of anilines is 3. The molecule has 0 aliphatic heterocycles. The van der Waals surface area contributed by atoms with E-state index in [9.17, 15) is 4.39 Å². The normalized spacial score (nSPS) is 10.3. The lowest BCUT2D eigenvalue weighted by Crippen LogP contribution is -2.00. The van der Waals surface area contributed by atoms with Crippen molar-refractivity contribution in [2.75, 3.05) is 17.7 Å². The van der Waals surface area contributed by atoms with Crippen LogP contribution in [-0.4, -0.2) is 6.61 Å². The van der Waals surface area contributed by atoms with Crippen LogP contribution in [0.25, 0.3) is 0 Å². The van der Waals surface area contributed by atoms with E-state index >= 15 is 0 Å². The molecule has 0 bridgehead atoms. The van der Waals surface area contributed by atoms with Crippen LogP contribution in [0.1, 0.15) is 18.9 Å². The molecule has 2 aromatic rings. The fourth-order valence-electron chi connectivity index (χ4n) is 1.79. The number of hydrogen-bond donors (Lipinski definition) is 2. The molecule has 0 aliphatic carbocycles. The number of ether oxygens (including phenoxy) is 1. The molecule has 0 saturated carbocycles. The van der Waals surface area contributed by atoms with Crippen LogP contribution in [0.15, 0.2) is 36.4 Å². The van der Waals surface area contributed by atoms with Crippen molar-refractivity contribution >= 4 is 17.1 Å². The molecule has 2 aromatic carbocycles. The van der Waals surface area contributed by atoms with E-state index in [4.69, 9.17) is 10.5 Å². The number of benzene rings is 2. The molecule has 0 radical (unpaired) electrons. The molecular formula is C16H19FN2O. The maximum absolute atomic E-state index is 13.5. The summed E-state index contributed by atoms with van der Waals surface area (Å²) in [5.74, 6) is 0.414. The van der Waals surface area contributed by atoms with Crippen LogP contribution < -0.4 is 15.8 Å². The fraction of sp³-hybridized carbons (Fsp3) is 0.250. The Morgan fingerprint density at radius 1 is 1.15 bits per heavy atom. The summed E-state index contributed by atoms with van der Waals surface area (Å²) in [6.45, 7) is 4.39. The third kappa shape index (κ3) is 3.41. The largest absolute Gasteiger partial charge is 0.491 e. The Balaban J connectivity index is 2.18. The Hall–Kier alpha value is -2.23. The van der Waals surface area contributed by atoms with Crippen LogP contribution >= 0.6 is 0 Å². The Bertz CT molecular complexity index is 599. The lowest BCUT2D eigenvalue weighted by molar-refractivity contribution is 0.319. The first-order valence-corrected chi connectivity index (χ1v) is 6.65. The van der Waals surface area contributed by atoms with Crippen LogP contribution in [0.2, 0.25) is 0 Å². The van der Waals surface area contributed by atoms with E-state index in [1.165, 1.54) is 6.07 Å². The van der Waals surface area contributed by atoms with Crippen molar-refractivity contribution in [3.63, 3.8) is 0 Å². The number of aryl methyl sites for hydroxylation is 1. The summed E-state index contributed by atoms with van der Waals surface area (Å²) >= 11 is 0. The minimum Gasteiger partial charge on any atom is -0.491 e. The second kappa shape index (κ2) is 6.28. The van der Waals surface area contributed by atoms with Gasteiger partial charge in [-0.05, 0) is 43.2 Å². The summed E-state index contributed by atoms with van der Waals surface area (Å²) in [6.07, 6.45) is 0.917. The van der Waals surface area contributed by atoms with Crippen molar-refractivity contribution in [2.24, 2.45) is 0 Å². The van der Waals surface area contributed by atoms with Gasteiger partial charge in [-0.15, -0.1) is 0 Å². The Labute approximate surface area is 118 Å². The first kappa shape index (κ1) is 14.2. The summed E-state index contributed by atoms with van der Waals surface area (Å²) in [5.41, 5.74) is 8.58. The number of nitrogens with two attached hydrogens (primary N) is 1. The van der Waals surface area contributed by atoms with Gasteiger partial charge in [0.2, 0.25) is 0 Å². The summed E-state index contributed by atoms with van der Waals surface area (Å²) in [6, 6.07) is 10.5. The highest BCUT2D eigenvalue weighted by Crippen LogP contribution is 2.28. The van der Waals surface area contributed by atoms with E-state index in [2.05, 4.69) is 5.32 Å². The Morgan fingerprint density at radius 2 is 1.85 bits per heavy atom. The monoisotopic (exact) mass is 274 g/mol. The summed E-state index contributed by atoms with van der Waals surface area (Å²) < 4.78 is 19.1. The highest BCUT2D eigenvalue weighted by Gasteiger charge is 2.04. The molecular weight excluding hydrogens is 255 g/mol. The van der Waals surface area contributed by atoms with Gasteiger partial charge >= 0.3 is 0 Å². The molecule has 0 aliphatic rings. The van der Waals surface area contributed by atoms with Gasteiger partial charge in [-0.1, -0.05) is 13.0 Å². The zero-order valence-electron chi connectivity index (χ0n) is 11.7.